The lowest BCUT2D eigenvalue weighted by Gasteiger charge is -2.22. The predicted molar refractivity (Wildman–Crippen MR) is 99.8 cm³/mol. The summed E-state index contributed by atoms with van der Waals surface area (Å²) in [6.45, 7) is 5.20. The number of hydrogen-bond acceptors (Lipinski definition) is 4. The molecule has 2 aromatic carbocycles. The van der Waals surface area contributed by atoms with Gasteiger partial charge >= 0.3 is 0 Å². The van der Waals surface area contributed by atoms with Gasteiger partial charge in [-0.15, -0.1) is 0 Å². The van der Waals surface area contributed by atoms with Crippen molar-refractivity contribution in [2.45, 2.75) is 13.8 Å². The van der Waals surface area contributed by atoms with Gasteiger partial charge in [-0.1, -0.05) is 37.6 Å². The van der Waals surface area contributed by atoms with Gasteiger partial charge in [0.2, 0.25) is 0 Å². The maximum absolute atomic E-state index is 10.1. The Labute approximate surface area is 146 Å². The molecule has 0 spiro atoms. The number of phenolic OH excluding ortho intramolecular Hbond substituents is 1. The molecule has 0 unspecified atom stereocenters. The number of halogens is 1. The third kappa shape index (κ3) is 3.29. The van der Waals surface area contributed by atoms with E-state index in [1.54, 1.807) is 12.1 Å². The number of aromatic nitrogens is 2. The summed E-state index contributed by atoms with van der Waals surface area (Å²) in [6.07, 6.45) is 0. The van der Waals surface area contributed by atoms with E-state index >= 15 is 0 Å². The lowest BCUT2D eigenvalue weighted by molar-refractivity contribution is 0.477. The molecule has 1 heterocycles. The highest BCUT2D eigenvalue weighted by Gasteiger charge is 2.15. The van der Waals surface area contributed by atoms with Crippen LogP contribution in [0.1, 0.15) is 13.8 Å². The van der Waals surface area contributed by atoms with Crippen molar-refractivity contribution < 1.29 is 5.11 Å². The van der Waals surface area contributed by atoms with Crippen molar-refractivity contribution in [1.82, 2.24) is 9.97 Å². The Morgan fingerprint density at radius 3 is 2.58 bits per heavy atom. The maximum Gasteiger partial charge on any atom is 0.165 e. The molecular formula is C19H20ClN3O. The monoisotopic (exact) mass is 341 g/mol. The summed E-state index contributed by atoms with van der Waals surface area (Å²) in [5, 5.41) is 11.7. The van der Waals surface area contributed by atoms with Gasteiger partial charge in [-0.2, -0.15) is 0 Å². The fourth-order valence-electron chi connectivity index (χ4n) is 2.79. The molecule has 3 aromatic rings. The van der Waals surface area contributed by atoms with Crippen LogP contribution in [0.2, 0.25) is 5.02 Å². The number of anilines is 1. The second-order valence-corrected chi connectivity index (χ2v) is 6.76. The lowest BCUT2D eigenvalue weighted by atomic mass is 10.1. The van der Waals surface area contributed by atoms with Gasteiger partial charge in [0.1, 0.15) is 11.6 Å². The molecule has 0 aliphatic heterocycles. The topological polar surface area (TPSA) is 49.2 Å². The molecule has 0 atom stereocenters. The normalized spacial score (nSPS) is 11.2. The third-order valence-electron chi connectivity index (χ3n) is 3.78. The van der Waals surface area contributed by atoms with Crippen LogP contribution in [0.4, 0.5) is 5.82 Å². The van der Waals surface area contributed by atoms with Gasteiger partial charge in [0.05, 0.1) is 11.1 Å². The number of phenols is 1. The summed E-state index contributed by atoms with van der Waals surface area (Å²) >= 11 is 6.14. The van der Waals surface area contributed by atoms with Crippen molar-refractivity contribution in [1.29, 1.82) is 0 Å². The Morgan fingerprint density at radius 1 is 1.12 bits per heavy atom. The van der Waals surface area contributed by atoms with Crippen LogP contribution >= 0.6 is 11.6 Å². The van der Waals surface area contributed by atoms with Gasteiger partial charge in [0.15, 0.2) is 5.82 Å². The molecule has 0 bridgehead atoms. The molecule has 0 amide bonds. The van der Waals surface area contributed by atoms with Crippen molar-refractivity contribution in [2.24, 2.45) is 5.92 Å². The van der Waals surface area contributed by atoms with Gasteiger partial charge in [0, 0.05) is 24.0 Å². The number of benzene rings is 2. The Balaban J connectivity index is 2.23. The van der Waals surface area contributed by atoms with Crippen LogP contribution in [0.25, 0.3) is 22.3 Å². The zero-order valence-electron chi connectivity index (χ0n) is 14.0. The van der Waals surface area contributed by atoms with Gasteiger partial charge in [0.25, 0.3) is 0 Å². The summed E-state index contributed by atoms with van der Waals surface area (Å²) in [5.41, 5.74) is 1.37. The first-order chi connectivity index (χ1) is 11.5. The summed E-state index contributed by atoms with van der Waals surface area (Å²) in [5.74, 6) is 1.99. The molecular weight excluding hydrogens is 322 g/mol. The molecule has 4 nitrogen and oxygen atoms in total. The molecule has 0 aliphatic carbocycles. The molecule has 24 heavy (non-hydrogen) atoms. The van der Waals surface area contributed by atoms with E-state index in [0.29, 0.717) is 22.3 Å². The van der Waals surface area contributed by atoms with Crippen molar-refractivity contribution >= 4 is 28.3 Å². The van der Waals surface area contributed by atoms with E-state index in [2.05, 4.69) is 23.7 Å². The molecule has 0 fully saturated rings. The number of para-hydroxylation sites is 1. The highest BCUT2D eigenvalue weighted by atomic mass is 35.5. The number of hydrogen-bond donors (Lipinski definition) is 1. The number of aromatic hydroxyl groups is 1. The van der Waals surface area contributed by atoms with E-state index in [0.717, 1.165) is 23.3 Å². The fraction of sp³-hybridized carbons (Fsp3) is 0.263. The Bertz CT molecular complexity index is 880. The second kappa shape index (κ2) is 6.65. The molecule has 1 aromatic heterocycles. The summed E-state index contributed by atoms with van der Waals surface area (Å²) in [7, 11) is 2.02. The highest BCUT2D eigenvalue weighted by molar-refractivity contribution is 6.31. The third-order valence-corrected chi connectivity index (χ3v) is 4.02. The number of rotatable bonds is 4. The quantitative estimate of drug-likeness (QED) is 0.744. The van der Waals surface area contributed by atoms with Gasteiger partial charge in [-0.3, -0.25) is 0 Å². The van der Waals surface area contributed by atoms with Crippen LogP contribution < -0.4 is 4.90 Å². The Hall–Kier alpha value is -2.33. The van der Waals surface area contributed by atoms with Crippen molar-refractivity contribution in [3.63, 3.8) is 0 Å². The molecule has 0 radical (unpaired) electrons. The molecule has 5 heteroatoms. The minimum absolute atomic E-state index is 0.163. The van der Waals surface area contributed by atoms with E-state index in [-0.39, 0.29) is 5.75 Å². The van der Waals surface area contributed by atoms with Crippen LogP contribution in [0.3, 0.4) is 0 Å². The summed E-state index contributed by atoms with van der Waals surface area (Å²) < 4.78 is 0. The number of nitrogens with zero attached hydrogens (tertiary/aromatic N) is 3. The first kappa shape index (κ1) is 16.5. The number of fused-ring (bicyclic) bond motifs is 1. The minimum atomic E-state index is 0.163. The smallest absolute Gasteiger partial charge is 0.165 e. The van der Waals surface area contributed by atoms with Crippen LogP contribution in [-0.2, 0) is 0 Å². The average molecular weight is 342 g/mol. The van der Waals surface area contributed by atoms with E-state index in [1.807, 2.05) is 37.4 Å². The van der Waals surface area contributed by atoms with Crippen molar-refractivity contribution in [3.05, 3.63) is 47.5 Å². The van der Waals surface area contributed by atoms with E-state index in [9.17, 15) is 5.11 Å². The Morgan fingerprint density at radius 2 is 1.88 bits per heavy atom. The first-order valence-corrected chi connectivity index (χ1v) is 8.30. The van der Waals surface area contributed by atoms with E-state index < -0.39 is 0 Å². The molecule has 0 saturated carbocycles. The minimum Gasteiger partial charge on any atom is -0.507 e. The highest BCUT2D eigenvalue weighted by Crippen LogP contribution is 2.32. The molecule has 3 rings (SSSR count). The first-order valence-electron chi connectivity index (χ1n) is 7.92. The van der Waals surface area contributed by atoms with Crippen molar-refractivity contribution in [3.8, 4) is 17.1 Å². The molecule has 1 N–H and O–H groups in total. The van der Waals surface area contributed by atoms with Gasteiger partial charge < -0.3 is 10.0 Å². The zero-order valence-corrected chi connectivity index (χ0v) is 14.7. The van der Waals surface area contributed by atoms with Crippen LogP contribution in [0.5, 0.6) is 5.75 Å². The molecule has 124 valence electrons. The van der Waals surface area contributed by atoms with E-state index in [4.69, 9.17) is 16.6 Å². The SMILES string of the molecule is CC(C)CN(C)c1nc(-c2ccccc2O)nc2cc(Cl)ccc12. The predicted octanol–water partition coefficient (Wildman–Crippen LogP) is 4.75. The summed E-state index contributed by atoms with van der Waals surface area (Å²) in [6, 6.07) is 12.7. The van der Waals surface area contributed by atoms with Gasteiger partial charge in [-0.25, -0.2) is 9.97 Å². The lowest BCUT2D eigenvalue weighted by Crippen LogP contribution is -2.24. The largest absolute Gasteiger partial charge is 0.507 e. The summed E-state index contributed by atoms with van der Waals surface area (Å²) in [4.78, 5) is 11.5. The molecule has 0 saturated heterocycles. The van der Waals surface area contributed by atoms with Crippen LogP contribution in [0.15, 0.2) is 42.5 Å². The standard InChI is InChI=1S/C19H20ClN3O/c1-12(2)11-23(3)19-14-9-8-13(20)10-16(14)21-18(22-19)15-6-4-5-7-17(15)24/h4-10,12,24H,11H2,1-3H3. The average Bonchev–Trinajstić information content (AvgIpc) is 2.53. The Kier molecular flexibility index (Phi) is 4.58. The maximum atomic E-state index is 10.1. The van der Waals surface area contributed by atoms with E-state index in [1.165, 1.54) is 0 Å². The van der Waals surface area contributed by atoms with Crippen LogP contribution in [-0.4, -0.2) is 28.7 Å². The second-order valence-electron chi connectivity index (χ2n) is 6.32. The fourth-order valence-corrected chi connectivity index (χ4v) is 2.96. The zero-order chi connectivity index (χ0) is 17.3. The van der Waals surface area contributed by atoms with Crippen molar-refractivity contribution in [2.75, 3.05) is 18.5 Å². The van der Waals surface area contributed by atoms with Gasteiger partial charge in [-0.05, 0) is 36.2 Å². The van der Waals surface area contributed by atoms with Crippen LogP contribution in [0, 0.1) is 5.92 Å². The molecule has 0 aliphatic rings.